The van der Waals surface area contributed by atoms with Crippen molar-refractivity contribution in [3.63, 3.8) is 0 Å². The number of hydrogen-bond donors (Lipinski definition) is 1. The second-order valence-corrected chi connectivity index (χ2v) is 5.53. The highest BCUT2D eigenvalue weighted by molar-refractivity contribution is 5.95. The van der Waals surface area contributed by atoms with Crippen molar-refractivity contribution in [1.82, 2.24) is 5.32 Å². The molecule has 1 unspecified atom stereocenters. The molecule has 122 valence electrons. The van der Waals surface area contributed by atoms with Crippen LogP contribution in [0.4, 0.5) is 0 Å². The number of ether oxygens (including phenoxy) is 2. The van der Waals surface area contributed by atoms with Crippen molar-refractivity contribution in [2.24, 2.45) is 0 Å². The van der Waals surface area contributed by atoms with Crippen LogP contribution in [0.15, 0.2) is 42.5 Å². The Morgan fingerprint density at radius 2 is 1.91 bits per heavy atom. The molecular formula is C19H23NO3. The van der Waals surface area contributed by atoms with Crippen LogP contribution in [0.25, 0.3) is 0 Å². The Morgan fingerprint density at radius 3 is 2.61 bits per heavy atom. The number of rotatable bonds is 6. The van der Waals surface area contributed by atoms with E-state index in [9.17, 15) is 4.79 Å². The van der Waals surface area contributed by atoms with Crippen LogP contribution in [0.1, 0.15) is 33.2 Å². The first-order valence-electron chi connectivity index (χ1n) is 7.57. The van der Waals surface area contributed by atoms with E-state index in [1.807, 2.05) is 56.3 Å². The molecule has 2 aromatic carbocycles. The van der Waals surface area contributed by atoms with Gasteiger partial charge in [-0.1, -0.05) is 29.8 Å². The topological polar surface area (TPSA) is 47.6 Å². The van der Waals surface area contributed by atoms with E-state index in [1.54, 1.807) is 14.2 Å². The van der Waals surface area contributed by atoms with Gasteiger partial charge in [0.25, 0.3) is 5.91 Å². The highest BCUT2D eigenvalue weighted by Gasteiger charge is 2.15. The van der Waals surface area contributed by atoms with E-state index in [4.69, 9.17) is 9.47 Å². The first kappa shape index (κ1) is 17.0. The predicted octanol–water partition coefficient (Wildman–Crippen LogP) is 3.43. The molecule has 0 fully saturated rings. The van der Waals surface area contributed by atoms with Crippen molar-refractivity contribution >= 4 is 5.91 Å². The fraction of sp³-hybridized carbons (Fsp3) is 0.316. The number of aryl methyl sites for hydroxylation is 2. The molecule has 23 heavy (non-hydrogen) atoms. The zero-order valence-electron chi connectivity index (χ0n) is 14.1. The number of carbonyl (C=O) groups excluding carboxylic acids is 1. The normalized spacial score (nSPS) is 11.8. The molecule has 0 aliphatic heterocycles. The lowest BCUT2D eigenvalue weighted by Crippen LogP contribution is -2.29. The number of methoxy groups -OCH3 is 2. The van der Waals surface area contributed by atoms with Gasteiger partial charge < -0.3 is 14.8 Å². The fourth-order valence-electron chi connectivity index (χ4n) is 2.44. The molecule has 0 radical (unpaired) electrons. The van der Waals surface area contributed by atoms with Crippen molar-refractivity contribution in [3.05, 3.63) is 64.7 Å². The van der Waals surface area contributed by atoms with E-state index >= 15 is 0 Å². The Hall–Kier alpha value is -2.33. The summed E-state index contributed by atoms with van der Waals surface area (Å²) in [6, 6.07) is 13.5. The molecule has 0 aliphatic carbocycles. The predicted molar refractivity (Wildman–Crippen MR) is 91.0 cm³/mol. The summed E-state index contributed by atoms with van der Waals surface area (Å²) >= 11 is 0. The maximum absolute atomic E-state index is 12.4. The summed E-state index contributed by atoms with van der Waals surface area (Å²) in [4.78, 5) is 12.4. The van der Waals surface area contributed by atoms with Gasteiger partial charge in [-0.25, -0.2) is 0 Å². The Balaban J connectivity index is 2.07. The highest BCUT2D eigenvalue weighted by Crippen LogP contribution is 2.21. The summed E-state index contributed by atoms with van der Waals surface area (Å²) in [7, 11) is 3.26. The molecule has 2 rings (SSSR count). The quantitative estimate of drug-likeness (QED) is 0.889. The summed E-state index contributed by atoms with van der Waals surface area (Å²) in [6.07, 6.45) is -0.223. The molecule has 1 N–H and O–H groups in total. The Kier molecular flexibility index (Phi) is 5.77. The molecule has 0 heterocycles. The van der Waals surface area contributed by atoms with Crippen LogP contribution in [-0.2, 0) is 4.74 Å². The van der Waals surface area contributed by atoms with Gasteiger partial charge in [-0.3, -0.25) is 4.79 Å². The summed E-state index contributed by atoms with van der Waals surface area (Å²) in [5, 5.41) is 2.95. The van der Waals surface area contributed by atoms with Crippen molar-refractivity contribution in [2.75, 3.05) is 20.8 Å². The van der Waals surface area contributed by atoms with Crippen LogP contribution in [0.3, 0.4) is 0 Å². The fourth-order valence-corrected chi connectivity index (χ4v) is 2.44. The maximum Gasteiger partial charge on any atom is 0.251 e. The monoisotopic (exact) mass is 313 g/mol. The molecule has 0 aliphatic rings. The van der Waals surface area contributed by atoms with Crippen LogP contribution in [0.2, 0.25) is 0 Å². The minimum absolute atomic E-state index is 0.0869. The van der Waals surface area contributed by atoms with Gasteiger partial charge >= 0.3 is 0 Å². The van der Waals surface area contributed by atoms with Gasteiger partial charge in [-0.05, 0) is 43.2 Å². The van der Waals surface area contributed by atoms with E-state index in [2.05, 4.69) is 5.32 Å². The van der Waals surface area contributed by atoms with Crippen LogP contribution in [0, 0.1) is 13.8 Å². The Bertz CT molecular complexity index is 682. The summed E-state index contributed by atoms with van der Waals surface area (Å²) in [5.74, 6) is 0.682. The molecule has 0 aromatic heterocycles. The van der Waals surface area contributed by atoms with Gasteiger partial charge in [0.05, 0.1) is 13.2 Å². The molecule has 2 aromatic rings. The van der Waals surface area contributed by atoms with Gasteiger partial charge in [0.2, 0.25) is 0 Å². The summed E-state index contributed by atoms with van der Waals surface area (Å²) < 4.78 is 10.7. The van der Waals surface area contributed by atoms with E-state index < -0.39 is 0 Å². The van der Waals surface area contributed by atoms with Crippen LogP contribution in [-0.4, -0.2) is 26.7 Å². The van der Waals surface area contributed by atoms with Crippen molar-refractivity contribution in [3.8, 4) is 5.75 Å². The molecule has 1 atom stereocenters. The largest absolute Gasteiger partial charge is 0.497 e. The first-order valence-corrected chi connectivity index (χ1v) is 7.57. The second kappa shape index (κ2) is 7.79. The van der Waals surface area contributed by atoms with E-state index in [1.165, 1.54) is 0 Å². The summed E-state index contributed by atoms with van der Waals surface area (Å²) in [6.45, 7) is 4.31. The molecule has 4 nitrogen and oxygen atoms in total. The zero-order chi connectivity index (χ0) is 16.8. The van der Waals surface area contributed by atoms with E-state index in [0.29, 0.717) is 12.1 Å². The van der Waals surface area contributed by atoms with Crippen LogP contribution < -0.4 is 10.1 Å². The number of carbonyl (C=O) groups is 1. The van der Waals surface area contributed by atoms with E-state index in [0.717, 1.165) is 22.4 Å². The third-order valence-electron chi connectivity index (χ3n) is 3.84. The van der Waals surface area contributed by atoms with Gasteiger partial charge in [-0.15, -0.1) is 0 Å². The third-order valence-corrected chi connectivity index (χ3v) is 3.84. The summed E-state index contributed by atoms with van der Waals surface area (Å²) in [5.41, 5.74) is 3.69. The molecule has 0 saturated heterocycles. The number of nitrogens with one attached hydrogen (secondary N) is 1. The molecule has 0 spiro atoms. The van der Waals surface area contributed by atoms with Crippen LogP contribution >= 0.6 is 0 Å². The average molecular weight is 313 g/mol. The molecular weight excluding hydrogens is 290 g/mol. The highest BCUT2D eigenvalue weighted by atomic mass is 16.5. The number of hydrogen-bond acceptors (Lipinski definition) is 3. The zero-order valence-corrected chi connectivity index (χ0v) is 14.1. The van der Waals surface area contributed by atoms with E-state index in [-0.39, 0.29) is 12.0 Å². The third kappa shape index (κ3) is 4.33. The minimum Gasteiger partial charge on any atom is -0.497 e. The standard InChI is InChI=1S/C19H23NO3/c1-13-8-9-14(2)17(10-13)19(21)20-12-18(23-4)15-6-5-7-16(11-15)22-3/h5-11,18H,12H2,1-4H3,(H,20,21). The lowest BCUT2D eigenvalue weighted by molar-refractivity contribution is 0.0827. The van der Waals surface area contributed by atoms with Gasteiger partial charge in [0.1, 0.15) is 5.75 Å². The number of amides is 1. The van der Waals surface area contributed by atoms with Gasteiger partial charge in [0.15, 0.2) is 0 Å². The van der Waals surface area contributed by atoms with Gasteiger partial charge in [-0.2, -0.15) is 0 Å². The Morgan fingerprint density at radius 1 is 1.13 bits per heavy atom. The molecule has 1 amide bonds. The average Bonchev–Trinajstić information content (AvgIpc) is 2.57. The lowest BCUT2D eigenvalue weighted by Gasteiger charge is -2.18. The molecule has 4 heteroatoms. The first-order chi connectivity index (χ1) is 11.0. The number of benzene rings is 2. The maximum atomic E-state index is 12.4. The van der Waals surface area contributed by atoms with Crippen molar-refractivity contribution in [1.29, 1.82) is 0 Å². The second-order valence-electron chi connectivity index (χ2n) is 5.53. The lowest BCUT2D eigenvalue weighted by atomic mass is 10.0. The minimum atomic E-state index is -0.223. The SMILES string of the molecule is COc1cccc(C(CNC(=O)c2cc(C)ccc2C)OC)c1. The van der Waals surface area contributed by atoms with Crippen molar-refractivity contribution < 1.29 is 14.3 Å². The molecule has 0 saturated carbocycles. The van der Waals surface area contributed by atoms with Gasteiger partial charge in [0, 0.05) is 19.2 Å². The molecule has 0 bridgehead atoms. The smallest absolute Gasteiger partial charge is 0.251 e. The van der Waals surface area contributed by atoms with Crippen molar-refractivity contribution in [2.45, 2.75) is 20.0 Å². The Labute approximate surface area is 137 Å². The van der Waals surface area contributed by atoms with Crippen LogP contribution in [0.5, 0.6) is 5.75 Å².